The molecule has 6 heteroatoms. The number of benzene rings is 2. The lowest BCUT2D eigenvalue weighted by molar-refractivity contribution is -0.128. The smallest absolute Gasteiger partial charge is 0.229 e. The molecule has 2 amide bonds. The zero-order valence-electron chi connectivity index (χ0n) is 13.9. The van der Waals surface area contributed by atoms with Crippen molar-refractivity contribution in [3.63, 3.8) is 0 Å². The van der Waals surface area contributed by atoms with Gasteiger partial charge in [0.2, 0.25) is 11.8 Å². The Balaban J connectivity index is 1.63. The number of halogens is 1. The van der Waals surface area contributed by atoms with Crippen molar-refractivity contribution in [1.82, 2.24) is 4.90 Å². The number of hydrogen-bond acceptors (Lipinski definition) is 3. The Hall–Kier alpha value is -2.89. The molecule has 5 nitrogen and oxygen atoms in total. The summed E-state index contributed by atoms with van der Waals surface area (Å²) in [5.74, 6) is -0.369. The number of nitrogens with one attached hydrogen (secondary N) is 1. The van der Waals surface area contributed by atoms with Crippen LogP contribution in [-0.4, -0.2) is 30.4 Å². The van der Waals surface area contributed by atoms with Crippen molar-refractivity contribution in [2.45, 2.75) is 13.0 Å². The highest BCUT2D eigenvalue weighted by atomic mass is 19.1. The molecule has 0 spiro atoms. The van der Waals surface area contributed by atoms with E-state index in [0.29, 0.717) is 18.8 Å². The molecule has 1 heterocycles. The number of hydrogen-bond donors (Lipinski definition) is 1. The molecule has 1 fully saturated rings. The van der Waals surface area contributed by atoms with Gasteiger partial charge in [-0.15, -0.1) is 0 Å². The number of para-hydroxylation sites is 1. The number of anilines is 1. The second kappa shape index (κ2) is 7.34. The van der Waals surface area contributed by atoms with Crippen molar-refractivity contribution in [3.05, 3.63) is 59.9 Å². The maximum Gasteiger partial charge on any atom is 0.229 e. The van der Waals surface area contributed by atoms with Crippen LogP contribution in [-0.2, 0) is 16.1 Å². The Labute approximate surface area is 145 Å². The molecule has 1 N–H and O–H groups in total. The van der Waals surface area contributed by atoms with Crippen LogP contribution in [0.15, 0.2) is 48.5 Å². The van der Waals surface area contributed by atoms with E-state index in [1.807, 2.05) is 24.3 Å². The van der Waals surface area contributed by atoms with Gasteiger partial charge in [0, 0.05) is 30.8 Å². The Morgan fingerprint density at radius 1 is 1.24 bits per heavy atom. The van der Waals surface area contributed by atoms with E-state index in [0.717, 1.165) is 11.3 Å². The van der Waals surface area contributed by atoms with Crippen molar-refractivity contribution >= 4 is 17.5 Å². The Morgan fingerprint density at radius 2 is 1.96 bits per heavy atom. The molecule has 0 aliphatic carbocycles. The molecule has 0 unspecified atom stereocenters. The maximum atomic E-state index is 12.9. The molecule has 2 aromatic rings. The summed E-state index contributed by atoms with van der Waals surface area (Å²) in [7, 11) is 1.59. The summed E-state index contributed by atoms with van der Waals surface area (Å²) in [5.41, 5.74) is 1.42. The van der Waals surface area contributed by atoms with Gasteiger partial charge in [0.15, 0.2) is 0 Å². The van der Waals surface area contributed by atoms with Gasteiger partial charge in [-0.1, -0.05) is 18.2 Å². The lowest BCUT2D eigenvalue weighted by Gasteiger charge is -2.18. The average molecular weight is 342 g/mol. The molecule has 1 saturated heterocycles. The SMILES string of the molecule is COc1ccccc1CN1C[C@H](C(=O)Nc2ccc(F)cc2)CC1=O. The fraction of sp³-hybridized carbons (Fsp3) is 0.263. The molecule has 1 aliphatic heterocycles. The van der Waals surface area contributed by atoms with Crippen LogP contribution in [0, 0.1) is 11.7 Å². The van der Waals surface area contributed by atoms with Gasteiger partial charge in [-0.25, -0.2) is 4.39 Å². The molecular weight excluding hydrogens is 323 g/mol. The molecule has 1 aliphatic rings. The van der Waals surface area contributed by atoms with E-state index in [1.165, 1.54) is 24.3 Å². The van der Waals surface area contributed by atoms with Gasteiger partial charge in [-0.2, -0.15) is 0 Å². The minimum atomic E-state index is -0.424. The third-order valence-electron chi connectivity index (χ3n) is 4.25. The van der Waals surface area contributed by atoms with Crippen LogP contribution >= 0.6 is 0 Å². The standard InChI is InChI=1S/C19H19FN2O3/c1-25-17-5-3-2-4-13(17)11-22-12-14(10-18(22)23)19(24)21-16-8-6-15(20)7-9-16/h2-9,14H,10-12H2,1H3,(H,21,24)/t14-/m1/s1. The van der Waals surface area contributed by atoms with E-state index in [4.69, 9.17) is 4.74 Å². The molecule has 0 saturated carbocycles. The largest absolute Gasteiger partial charge is 0.496 e. The van der Waals surface area contributed by atoms with Crippen LogP contribution in [0.4, 0.5) is 10.1 Å². The number of nitrogens with zero attached hydrogens (tertiary/aromatic N) is 1. The lowest BCUT2D eigenvalue weighted by atomic mass is 10.1. The Morgan fingerprint density at radius 3 is 2.68 bits per heavy atom. The van der Waals surface area contributed by atoms with Crippen LogP contribution in [0.3, 0.4) is 0 Å². The zero-order valence-corrected chi connectivity index (χ0v) is 13.9. The first kappa shape index (κ1) is 17.0. The highest BCUT2D eigenvalue weighted by molar-refractivity contribution is 5.97. The van der Waals surface area contributed by atoms with Crippen LogP contribution < -0.4 is 10.1 Å². The van der Waals surface area contributed by atoms with Crippen LogP contribution in [0.2, 0.25) is 0 Å². The quantitative estimate of drug-likeness (QED) is 0.909. The molecule has 0 bridgehead atoms. The summed E-state index contributed by atoms with van der Waals surface area (Å²) < 4.78 is 18.2. The minimum Gasteiger partial charge on any atom is -0.496 e. The van der Waals surface area contributed by atoms with Gasteiger partial charge < -0.3 is 15.0 Å². The first-order chi connectivity index (χ1) is 12.1. The molecule has 3 rings (SSSR count). The Bertz CT molecular complexity index is 776. The molecule has 0 radical (unpaired) electrons. The van der Waals surface area contributed by atoms with Crippen molar-refractivity contribution in [3.8, 4) is 5.75 Å². The first-order valence-corrected chi connectivity index (χ1v) is 8.03. The summed E-state index contributed by atoms with van der Waals surface area (Å²) in [6, 6.07) is 13.1. The summed E-state index contributed by atoms with van der Waals surface area (Å²) in [4.78, 5) is 26.3. The van der Waals surface area contributed by atoms with Crippen molar-refractivity contribution in [2.24, 2.45) is 5.92 Å². The minimum absolute atomic E-state index is 0.0647. The van der Waals surface area contributed by atoms with Gasteiger partial charge in [-0.3, -0.25) is 9.59 Å². The predicted molar refractivity (Wildman–Crippen MR) is 91.5 cm³/mol. The number of carbonyl (C=O) groups excluding carboxylic acids is 2. The van der Waals surface area contributed by atoms with E-state index >= 15 is 0 Å². The summed E-state index contributed by atoms with van der Waals surface area (Å²) in [6.45, 7) is 0.757. The number of methoxy groups -OCH3 is 1. The number of likely N-dealkylation sites (tertiary alicyclic amines) is 1. The molecule has 130 valence electrons. The van der Waals surface area contributed by atoms with Gasteiger partial charge in [0.1, 0.15) is 11.6 Å². The zero-order chi connectivity index (χ0) is 17.8. The average Bonchev–Trinajstić information content (AvgIpc) is 2.98. The van der Waals surface area contributed by atoms with Crippen LogP contribution in [0.25, 0.3) is 0 Å². The number of amides is 2. The highest BCUT2D eigenvalue weighted by Gasteiger charge is 2.34. The van der Waals surface area contributed by atoms with E-state index in [9.17, 15) is 14.0 Å². The topological polar surface area (TPSA) is 58.6 Å². The third kappa shape index (κ3) is 3.96. The monoisotopic (exact) mass is 342 g/mol. The molecular formula is C19H19FN2O3. The lowest BCUT2D eigenvalue weighted by Crippen LogP contribution is -2.28. The van der Waals surface area contributed by atoms with Crippen molar-refractivity contribution in [2.75, 3.05) is 19.0 Å². The molecule has 1 atom stereocenters. The van der Waals surface area contributed by atoms with E-state index in [1.54, 1.807) is 12.0 Å². The van der Waals surface area contributed by atoms with Gasteiger partial charge in [0.25, 0.3) is 0 Å². The fourth-order valence-electron chi connectivity index (χ4n) is 2.92. The normalized spacial score (nSPS) is 16.8. The van der Waals surface area contributed by atoms with Gasteiger partial charge in [0.05, 0.1) is 13.0 Å². The highest BCUT2D eigenvalue weighted by Crippen LogP contribution is 2.25. The summed E-state index contributed by atoms with van der Waals surface area (Å²) in [6.07, 6.45) is 0.169. The maximum absolute atomic E-state index is 12.9. The number of ether oxygens (including phenoxy) is 1. The number of rotatable bonds is 5. The third-order valence-corrected chi connectivity index (χ3v) is 4.25. The summed E-state index contributed by atoms with van der Waals surface area (Å²) >= 11 is 0. The van der Waals surface area contributed by atoms with E-state index in [2.05, 4.69) is 5.32 Å². The second-order valence-corrected chi connectivity index (χ2v) is 5.98. The van der Waals surface area contributed by atoms with E-state index in [-0.39, 0.29) is 24.1 Å². The van der Waals surface area contributed by atoms with Gasteiger partial charge >= 0.3 is 0 Å². The fourth-order valence-corrected chi connectivity index (χ4v) is 2.92. The summed E-state index contributed by atoms with van der Waals surface area (Å²) in [5, 5.41) is 2.73. The molecule has 25 heavy (non-hydrogen) atoms. The van der Waals surface area contributed by atoms with Crippen molar-refractivity contribution in [1.29, 1.82) is 0 Å². The van der Waals surface area contributed by atoms with E-state index < -0.39 is 5.92 Å². The molecule has 0 aromatic heterocycles. The first-order valence-electron chi connectivity index (χ1n) is 8.03. The molecule has 2 aromatic carbocycles. The van der Waals surface area contributed by atoms with Crippen LogP contribution in [0.1, 0.15) is 12.0 Å². The van der Waals surface area contributed by atoms with Crippen LogP contribution in [0.5, 0.6) is 5.75 Å². The Kier molecular flexibility index (Phi) is 4.97. The van der Waals surface area contributed by atoms with Crippen molar-refractivity contribution < 1.29 is 18.7 Å². The predicted octanol–water partition coefficient (Wildman–Crippen LogP) is 2.82. The number of carbonyl (C=O) groups is 2. The van der Waals surface area contributed by atoms with Gasteiger partial charge in [-0.05, 0) is 30.3 Å². The second-order valence-electron chi connectivity index (χ2n) is 5.98.